The zero-order valence-electron chi connectivity index (χ0n) is 16.0. The lowest BCUT2D eigenvalue weighted by Crippen LogP contribution is -2.00. The van der Waals surface area contributed by atoms with Crippen molar-refractivity contribution < 1.29 is 9.47 Å². The van der Waals surface area contributed by atoms with Gasteiger partial charge < -0.3 is 9.47 Å². The summed E-state index contributed by atoms with van der Waals surface area (Å²) < 4.78 is 12.4. The van der Waals surface area contributed by atoms with Gasteiger partial charge in [0.1, 0.15) is 6.61 Å². The van der Waals surface area contributed by atoms with Gasteiger partial charge in [0.25, 0.3) is 0 Å². The van der Waals surface area contributed by atoms with Gasteiger partial charge in [0.2, 0.25) is 0 Å². The van der Waals surface area contributed by atoms with Crippen molar-refractivity contribution in [1.82, 2.24) is 0 Å². The molecule has 0 aliphatic heterocycles. The van der Waals surface area contributed by atoms with E-state index >= 15 is 0 Å². The SMILES string of the molecule is COc1cc(/C=C(/C#N)c2cccc(C#N)c2)cc(I)c1OCc1ccccc1Cl. The normalized spacial score (nSPS) is 10.8. The van der Waals surface area contributed by atoms with Crippen molar-refractivity contribution >= 4 is 45.8 Å². The van der Waals surface area contributed by atoms with E-state index in [2.05, 4.69) is 34.7 Å². The van der Waals surface area contributed by atoms with Crippen molar-refractivity contribution in [3.8, 4) is 23.6 Å². The van der Waals surface area contributed by atoms with Gasteiger partial charge in [0, 0.05) is 10.6 Å². The van der Waals surface area contributed by atoms with Gasteiger partial charge in [-0.2, -0.15) is 10.5 Å². The van der Waals surface area contributed by atoms with Crippen LogP contribution in [0.15, 0.2) is 60.7 Å². The fourth-order valence-corrected chi connectivity index (χ4v) is 3.80. The highest BCUT2D eigenvalue weighted by Gasteiger charge is 2.13. The fourth-order valence-electron chi connectivity index (χ4n) is 2.83. The van der Waals surface area contributed by atoms with Gasteiger partial charge >= 0.3 is 0 Å². The van der Waals surface area contributed by atoms with Crippen LogP contribution in [-0.4, -0.2) is 7.11 Å². The van der Waals surface area contributed by atoms with Crippen LogP contribution in [0, 0.1) is 26.2 Å². The molecule has 0 spiro atoms. The highest BCUT2D eigenvalue weighted by atomic mass is 127. The molecule has 0 aromatic heterocycles. The van der Waals surface area contributed by atoms with Gasteiger partial charge in [-0.3, -0.25) is 0 Å². The summed E-state index contributed by atoms with van der Waals surface area (Å²) >= 11 is 8.39. The maximum absolute atomic E-state index is 9.62. The van der Waals surface area contributed by atoms with Gasteiger partial charge in [-0.15, -0.1) is 0 Å². The van der Waals surface area contributed by atoms with Crippen molar-refractivity contribution in [2.24, 2.45) is 0 Å². The minimum absolute atomic E-state index is 0.311. The summed E-state index contributed by atoms with van der Waals surface area (Å²) in [5.74, 6) is 1.17. The third kappa shape index (κ3) is 5.13. The van der Waals surface area contributed by atoms with E-state index in [0.29, 0.717) is 39.8 Å². The number of methoxy groups -OCH3 is 1. The average Bonchev–Trinajstić information content (AvgIpc) is 2.77. The summed E-state index contributed by atoms with van der Waals surface area (Å²) in [5, 5.41) is 19.4. The second-order valence-corrected chi connectivity index (χ2v) is 7.85. The fraction of sp³-hybridized carbons (Fsp3) is 0.0833. The zero-order valence-corrected chi connectivity index (χ0v) is 18.9. The molecule has 0 aliphatic carbocycles. The summed E-state index contributed by atoms with van der Waals surface area (Å²) in [7, 11) is 1.57. The van der Waals surface area contributed by atoms with Crippen molar-refractivity contribution in [2.45, 2.75) is 6.61 Å². The van der Waals surface area contributed by atoms with Crippen LogP contribution in [0.25, 0.3) is 11.6 Å². The monoisotopic (exact) mass is 526 g/mol. The first-order valence-electron chi connectivity index (χ1n) is 8.91. The molecule has 0 atom stereocenters. The Kier molecular flexibility index (Phi) is 7.35. The lowest BCUT2D eigenvalue weighted by Gasteiger charge is -2.14. The van der Waals surface area contributed by atoms with E-state index in [-0.39, 0.29) is 0 Å². The molecule has 0 N–H and O–H groups in total. The third-order valence-corrected chi connectivity index (χ3v) is 5.49. The average molecular weight is 527 g/mol. The van der Waals surface area contributed by atoms with Crippen LogP contribution in [0.1, 0.15) is 22.3 Å². The summed E-state index contributed by atoms with van der Waals surface area (Å²) in [6.07, 6.45) is 1.76. The molecule has 0 radical (unpaired) electrons. The van der Waals surface area contributed by atoms with Gasteiger partial charge in [-0.25, -0.2) is 0 Å². The summed E-state index contributed by atoms with van der Waals surface area (Å²) in [5.41, 5.74) is 3.31. The Morgan fingerprint density at radius 1 is 1.10 bits per heavy atom. The van der Waals surface area contributed by atoms with Crippen LogP contribution in [0.4, 0.5) is 0 Å². The number of nitrogens with zero attached hydrogens (tertiary/aromatic N) is 2. The van der Waals surface area contributed by atoms with E-state index in [1.165, 1.54) is 0 Å². The van der Waals surface area contributed by atoms with Crippen molar-refractivity contribution in [1.29, 1.82) is 10.5 Å². The van der Waals surface area contributed by atoms with E-state index in [9.17, 15) is 5.26 Å². The van der Waals surface area contributed by atoms with Crippen LogP contribution < -0.4 is 9.47 Å². The first-order valence-corrected chi connectivity index (χ1v) is 10.4. The summed E-state index contributed by atoms with van der Waals surface area (Å²) in [6, 6.07) is 22.5. The number of rotatable bonds is 6. The molecule has 0 unspecified atom stereocenters. The Hall–Kier alpha value is -3.00. The Balaban J connectivity index is 1.92. The molecule has 3 rings (SSSR count). The number of hydrogen-bond acceptors (Lipinski definition) is 4. The lowest BCUT2D eigenvalue weighted by molar-refractivity contribution is 0.282. The number of halogens is 2. The molecule has 0 amide bonds. The topological polar surface area (TPSA) is 66.0 Å². The minimum atomic E-state index is 0.311. The molecule has 0 heterocycles. The van der Waals surface area contributed by atoms with E-state index in [0.717, 1.165) is 14.7 Å². The summed E-state index contributed by atoms with van der Waals surface area (Å²) in [4.78, 5) is 0. The molecule has 4 nitrogen and oxygen atoms in total. The van der Waals surface area contributed by atoms with Crippen LogP contribution in [0.5, 0.6) is 11.5 Å². The van der Waals surface area contributed by atoms with Gasteiger partial charge in [-0.05, 0) is 70.1 Å². The number of ether oxygens (including phenoxy) is 2. The van der Waals surface area contributed by atoms with E-state index in [1.807, 2.05) is 36.4 Å². The first-order chi connectivity index (χ1) is 14.5. The number of hydrogen-bond donors (Lipinski definition) is 0. The smallest absolute Gasteiger partial charge is 0.174 e. The maximum Gasteiger partial charge on any atom is 0.174 e. The Labute approximate surface area is 194 Å². The minimum Gasteiger partial charge on any atom is -0.493 e. The van der Waals surface area contributed by atoms with Crippen LogP contribution in [0.2, 0.25) is 5.02 Å². The quantitative estimate of drug-likeness (QED) is 0.210. The maximum atomic E-state index is 9.62. The highest BCUT2D eigenvalue weighted by molar-refractivity contribution is 14.1. The molecule has 30 heavy (non-hydrogen) atoms. The molecule has 0 saturated heterocycles. The van der Waals surface area contributed by atoms with Crippen molar-refractivity contribution in [2.75, 3.05) is 7.11 Å². The predicted molar refractivity (Wildman–Crippen MR) is 126 cm³/mol. The van der Waals surface area contributed by atoms with Crippen LogP contribution in [0.3, 0.4) is 0 Å². The van der Waals surface area contributed by atoms with Gasteiger partial charge in [-0.1, -0.05) is 41.9 Å². The molecule has 0 saturated carbocycles. The third-order valence-electron chi connectivity index (χ3n) is 4.32. The molecule has 148 valence electrons. The number of nitriles is 2. The first kappa shape index (κ1) is 21.7. The molecule has 0 fully saturated rings. The molecular formula is C24H16ClIN2O2. The Bertz CT molecular complexity index is 1190. The standard InChI is InChI=1S/C24H16ClIN2O2/c1-29-23-12-17(10-20(14-28)18-7-4-5-16(9-18)13-27)11-22(26)24(23)30-15-19-6-2-3-8-21(19)25/h2-12H,15H2,1H3/b20-10-. The Morgan fingerprint density at radius 3 is 2.60 bits per heavy atom. The second-order valence-electron chi connectivity index (χ2n) is 6.28. The van der Waals surface area contributed by atoms with Gasteiger partial charge in [0.05, 0.1) is 34.0 Å². The largest absolute Gasteiger partial charge is 0.493 e. The molecule has 0 bridgehead atoms. The van der Waals surface area contributed by atoms with Crippen LogP contribution in [-0.2, 0) is 6.61 Å². The molecular weight excluding hydrogens is 511 g/mol. The van der Waals surface area contributed by atoms with E-state index in [1.54, 1.807) is 37.5 Å². The van der Waals surface area contributed by atoms with Crippen molar-refractivity contribution in [3.05, 3.63) is 91.5 Å². The molecule has 6 heteroatoms. The molecule has 3 aromatic carbocycles. The number of allylic oxidation sites excluding steroid dienone is 1. The lowest BCUT2D eigenvalue weighted by atomic mass is 10.0. The van der Waals surface area contributed by atoms with Gasteiger partial charge in [0.15, 0.2) is 11.5 Å². The molecule has 3 aromatic rings. The van der Waals surface area contributed by atoms with Crippen molar-refractivity contribution in [3.63, 3.8) is 0 Å². The predicted octanol–water partition coefficient (Wildman–Crippen LogP) is 6.47. The summed E-state index contributed by atoms with van der Waals surface area (Å²) in [6.45, 7) is 0.311. The number of benzene rings is 3. The second kappa shape index (κ2) is 10.2. The molecule has 0 aliphatic rings. The zero-order chi connectivity index (χ0) is 21.5. The van der Waals surface area contributed by atoms with Crippen LogP contribution >= 0.6 is 34.2 Å². The Morgan fingerprint density at radius 2 is 1.90 bits per heavy atom. The van der Waals surface area contributed by atoms with E-state index < -0.39 is 0 Å². The highest BCUT2D eigenvalue weighted by Crippen LogP contribution is 2.36. The van der Waals surface area contributed by atoms with E-state index in [4.69, 9.17) is 26.3 Å².